The number of hydrogen-bond donors (Lipinski definition) is 1. The van der Waals surface area contributed by atoms with Crippen molar-refractivity contribution in [2.24, 2.45) is 0 Å². The third-order valence-corrected chi connectivity index (χ3v) is 4.86. The van der Waals surface area contributed by atoms with E-state index in [1.807, 2.05) is 18.2 Å². The minimum Gasteiger partial charge on any atom is -0.351 e. The molecule has 0 aliphatic heterocycles. The van der Waals surface area contributed by atoms with Gasteiger partial charge in [-0.1, -0.05) is 46.9 Å². The maximum atomic E-state index is 11.9. The molecule has 0 radical (unpaired) electrons. The van der Waals surface area contributed by atoms with Gasteiger partial charge in [0, 0.05) is 38.7 Å². The number of nitrogens with one attached hydrogen (secondary N) is 1. The van der Waals surface area contributed by atoms with Crippen molar-refractivity contribution in [3.05, 3.63) is 68.7 Å². The average molecular weight is 375 g/mol. The molecular weight excluding hydrogens is 361 g/mol. The first-order chi connectivity index (χ1) is 10.6. The van der Waals surface area contributed by atoms with Gasteiger partial charge < -0.3 is 5.32 Å². The summed E-state index contributed by atoms with van der Waals surface area (Å²) in [5.41, 5.74) is 1.49. The smallest absolute Gasteiger partial charge is 0.251 e. The Morgan fingerprint density at radius 1 is 1.05 bits per heavy atom. The first-order valence-corrected chi connectivity index (χ1v) is 8.91. The Labute approximate surface area is 149 Å². The Bertz CT molecular complexity index is 643. The number of rotatable bonds is 6. The number of amides is 1. The van der Waals surface area contributed by atoms with E-state index in [1.165, 1.54) is 0 Å². The molecule has 0 saturated heterocycles. The van der Waals surface area contributed by atoms with E-state index in [4.69, 9.17) is 34.8 Å². The molecule has 0 atom stereocenters. The van der Waals surface area contributed by atoms with E-state index in [0.717, 1.165) is 11.3 Å². The van der Waals surface area contributed by atoms with E-state index in [2.05, 4.69) is 5.32 Å². The van der Waals surface area contributed by atoms with Crippen LogP contribution >= 0.6 is 46.6 Å². The largest absolute Gasteiger partial charge is 0.351 e. The molecule has 0 fully saturated rings. The average Bonchev–Trinajstić information content (AvgIpc) is 2.49. The number of carbonyl (C=O) groups is 1. The number of thioether (sulfide) groups is 1. The van der Waals surface area contributed by atoms with Crippen LogP contribution in [0.25, 0.3) is 0 Å². The van der Waals surface area contributed by atoms with Crippen molar-refractivity contribution in [3.8, 4) is 0 Å². The molecule has 0 saturated carbocycles. The lowest BCUT2D eigenvalue weighted by Crippen LogP contribution is -2.25. The molecule has 2 aromatic rings. The van der Waals surface area contributed by atoms with Crippen LogP contribution in [0.1, 0.15) is 15.9 Å². The summed E-state index contributed by atoms with van der Waals surface area (Å²) in [6.07, 6.45) is 0. The van der Waals surface area contributed by atoms with Crippen LogP contribution in [0.5, 0.6) is 0 Å². The van der Waals surface area contributed by atoms with E-state index in [0.29, 0.717) is 32.9 Å². The molecule has 2 rings (SSSR count). The molecule has 0 aliphatic rings. The Hall–Kier alpha value is -0.870. The van der Waals surface area contributed by atoms with Crippen LogP contribution in [0.3, 0.4) is 0 Å². The first-order valence-electron chi connectivity index (χ1n) is 6.62. The first kappa shape index (κ1) is 17.5. The Morgan fingerprint density at radius 2 is 1.73 bits per heavy atom. The summed E-state index contributed by atoms with van der Waals surface area (Å²) < 4.78 is 0. The van der Waals surface area contributed by atoms with Crippen LogP contribution < -0.4 is 5.32 Å². The van der Waals surface area contributed by atoms with Crippen molar-refractivity contribution in [1.29, 1.82) is 0 Å². The third-order valence-electron chi connectivity index (χ3n) is 2.93. The molecule has 0 aromatic heterocycles. The summed E-state index contributed by atoms with van der Waals surface area (Å²) >= 11 is 19.7. The molecule has 0 unspecified atom stereocenters. The van der Waals surface area contributed by atoms with Gasteiger partial charge in [-0.2, -0.15) is 11.8 Å². The van der Waals surface area contributed by atoms with E-state index < -0.39 is 0 Å². The molecule has 0 spiro atoms. The monoisotopic (exact) mass is 373 g/mol. The summed E-state index contributed by atoms with van der Waals surface area (Å²) in [6, 6.07) is 12.3. The van der Waals surface area contributed by atoms with Crippen molar-refractivity contribution in [2.75, 3.05) is 12.3 Å². The molecular formula is C16H14Cl3NOS. The molecule has 2 nitrogen and oxygen atoms in total. The van der Waals surface area contributed by atoms with Gasteiger partial charge in [-0.05, 0) is 35.9 Å². The maximum absolute atomic E-state index is 11.9. The van der Waals surface area contributed by atoms with Gasteiger partial charge >= 0.3 is 0 Å². The summed E-state index contributed by atoms with van der Waals surface area (Å²) in [5, 5.41) is 4.75. The second kappa shape index (κ2) is 8.68. The molecule has 1 amide bonds. The lowest BCUT2D eigenvalue weighted by Gasteiger charge is -2.08. The molecule has 6 heteroatoms. The summed E-state index contributed by atoms with van der Waals surface area (Å²) in [6.45, 7) is 0.568. The van der Waals surface area contributed by atoms with Gasteiger partial charge in [0.05, 0.1) is 0 Å². The van der Waals surface area contributed by atoms with Gasteiger partial charge in [-0.15, -0.1) is 0 Å². The fourth-order valence-electron chi connectivity index (χ4n) is 1.81. The fraction of sp³-hybridized carbons (Fsp3) is 0.188. The van der Waals surface area contributed by atoms with Gasteiger partial charge in [-0.25, -0.2) is 0 Å². The number of halogens is 3. The third kappa shape index (κ3) is 5.10. The summed E-state index contributed by atoms with van der Waals surface area (Å²) in [4.78, 5) is 11.9. The predicted octanol–water partition coefficient (Wildman–Crippen LogP) is 5.31. The van der Waals surface area contributed by atoms with Crippen LogP contribution in [-0.4, -0.2) is 18.2 Å². The zero-order valence-corrected chi connectivity index (χ0v) is 14.7. The van der Waals surface area contributed by atoms with Crippen molar-refractivity contribution < 1.29 is 4.79 Å². The maximum Gasteiger partial charge on any atom is 0.251 e. The molecule has 1 N–H and O–H groups in total. The highest BCUT2D eigenvalue weighted by Gasteiger charge is 2.07. The SMILES string of the molecule is O=C(NCCSCc1c(Cl)cccc1Cl)c1cccc(Cl)c1. The normalized spacial score (nSPS) is 10.5. The Morgan fingerprint density at radius 3 is 2.41 bits per heavy atom. The molecule has 22 heavy (non-hydrogen) atoms. The fourth-order valence-corrected chi connectivity index (χ4v) is 3.60. The van der Waals surface area contributed by atoms with Crippen LogP contribution in [0, 0.1) is 0 Å². The van der Waals surface area contributed by atoms with Crippen molar-refractivity contribution >= 4 is 52.5 Å². The second-order valence-electron chi connectivity index (χ2n) is 4.52. The molecule has 0 heterocycles. The van der Waals surface area contributed by atoms with Crippen molar-refractivity contribution in [1.82, 2.24) is 5.32 Å². The highest BCUT2D eigenvalue weighted by atomic mass is 35.5. The summed E-state index contributed by atoms with van der Waals surface area (Å²) in [5.74, 6) is 1.36. The quantitative estimate of drug-likeness (QED) is 0.694. The Kier molecular flexibility index (Phi) is 6.90. The van der Waals surface area contributed by atoms with Gasteiger partial charge in [-0.3, -0.25) is 4.79 Å². The number of carbonyl (C=O) groups excluding carboxylic acids is 1. The molecule has 116 valence electrons. The van der Waals surface area contributed by atoms with E-state index in [1.54, 1.807) is 36.0 Å². The lowest BCUT2D eigenvalue weighted by molar-refractivity contribution is 0.0956. The van der Waals surface area contributed by atoms with E-state index >= 15 is 0 Å². The van der Waals surface area contributed by atoms with Gasteiger partial charge in [0.2, 0.25) is 0 Å². The highest BCUT2D eigenvalue weighted by Crippen LogP contribution is 2.27. The zero-order valence-electron chi connectivity index (χ0n) is 11.6. The van der Waals surface area contributed by atoms with E-state index in [-0.39, 0.29) is 5.91 Å². The number of benzene rings is 2. The minimum atomic E-state index is -0.126. The van der Waals surface area contributed by atoms with Gasteiger partial charge in [0.25, 0.3) is 5.91 Å². The second-order valence-corrected chi connectivity index (χ2v) is 6.88. The standard InChI is InChI=1S/C16H14Cl3NOS/c17-12-4-1-3-11(9-12)16(21)20-7-8-22-10-13-14(18)5-2-6-15(13)19/h1-6,9H,7-8,10H2,(H,20,21). The van der Waals surface area contributed by atoms with Crippen LogP contribution in [-0.2, 0) is 5.75 Å². The lowest BCUT2D eigenvalue weighted by atomic mass is 10.2. The van der Waals surface area contributed by atoms with Crippen molar-refractivity contribution in [3.63, 3.8) is 0 Å². The molecule has 0 aliphatic carbocycles. The van der Waals surface area contributed by atoms with Crippen LogP contribution in [0.15, 0.2) is 42.5 Å². The topological polar surface area (TPSA) is 29.1 Å². The van der Waals surface area contributed by atoms with E-state index in [9.17, 15) is 4.79 Å². The minimum absolute atomic E-state index is 0.126. The predicted molar refractivity (Wildman–Crippen MR) is 96.4 cm³/mol. The van der Waals surface area contributed by atoms with Gasteiger partial charge in [0.1, 0.15) is 0 Å². The van der Waals surface area contributed by atoms with Crippen molar-refractivity contribution in [2.45, 2.75) is 5.75 Å². The highest BCUT2D eigenvalue weighted by molar-refractivity contribution is 7.98. The van der Waals surface area contributed by atoms with Gasteiger partial charge in [0.15, 0.2) is 0 Å². The van der Waals surface area contributed by atoms with Crippen LogP contribution in [0.4, 0.5) is 0 Å². The molecule has 2 aromatic carbocycles. The number of hydrogen-bond acceptors (Lipinski definition) is 2. The molecule has 0 bridgehead atoms. The summed E-state index contributed by atoms with van der Waals surface area (Å²) in [7, 11) is 0. The van der Waals surface area contributed by atoms with Crippen LogP contribution in [0.2, 0.25) is 15.1 Å². The Balaban J connectivity index is 1.75. The zero-order chi connectivity index (χ0) is 15.9.